The summed E-state index contributed by atoms with van der Waals surface area (Å²) < 4.78 is 6.69. The third-order valence-corrected chi connectivity index (χ3v) is 3.18. The van der Waals surface area contributed by atoms with E-state index in [0.29, 0.717) is 10.9 Å². The van der Waals surface area contributed by atoms with Crippen LogP contribution in [0.5, 0.6) is 0 Å². The highest BCUT2D eigenvalue weighted by Gasteiger charge is 2.08. The Hall–Kier alpha value is -0.510. The van der Waals surface area contributed by atoms with E-state index in [4.69, 9.17) is 16.0 Å². The molecule has 4 heteroatoms. The predicted octanol–water partition coefficient (Wildman–Crippen LogP) is 4.59. The van der Waals surface area contributed by atoms with Crippen LogP contribution < -0.4 is 5.32 Å². The van der Waals surface area contributed by atoms with Crippen molar-refractivity contribution in [3.8, 4) is 0 Å². The van der Waals surface area contributed by atoms with Gasteiger partial charge in [-0.25, -0.2) is 0 Å². The van der Waals surface area contributed by atoms with Gasteiger partial charge in [0, 0.05) is 9.86 Å². The summed E-state index contributed by atoms with van der Waals surface area (Å²) in [6.45, 7) is 6.08. The van der Waals surface area contributed by atoms with Crippen LogP contribution in [0, 0.1) is 5.92 Å². The molecule has 0 spiro atoms. The number of benzene rings is 1. The summed E-state index contributed by atoms with van der Waals surface area (Å²) in [5.41, 5.74) is 0.760. The van der Waals surface area contributed by atoms with E-state index in [1.165, 1.54) is 0 Å². The minimum atomic E-state index is 0.636. The van der Waals surface area contributed by atoms with Gasteiger partial charge in [0.1, 0.15) is 5.76 Å². The van der Waals surface area contributed by atoms with Crippen LogP contribution in [-0.2, 0) is 6.54 Å². The Morgan fingerprint density at radius 3 is 2.82 bits per heavy atom. The topological polar surface area (TPSA) is 25.2 Å². The molecule has 0 unspecified atom stereocenters. The molecule has 0 atom stereocenters. The van der Waals surface area contributed by atoms with Crippen LogP contribution in [0.4, 0.5) is 0 Å². The monoisotopic (exact) mass is 315 g/mol. The lowest BCUT2D eigenvalue weighted by molar-refractivity contribution is 0.485. The van der Waals surface area contributed by atoms with Crippen molar-refractivity contribution in [2.45, 2.75) is 20.4 Å². The normalized spacial score (nSPS) is 11.6. The third-order valence-electron chi connectivity index (χ3n) is 2.44. The Labute approximate surface area is 114 Å². The first-order valence-electron chi connectivity index (χ1n) is 5.64. The van der Waals surface area contributed by atoms with Gasteiger partial charge in [-0.3, -0.25) is 0 Å². The lowest BCUT2D eigenvalue weighted by atomic mass is 10.2. The average Bonchev–Trinajstić information content (AvgIpc) is 2.60. The number of hydrogen-bond acceptors (Lipinski definition) is 2. The van der Waals surface area contributed by atoms with E-state index < -0.39 is 0 Å². The predicted molar refractivity (Wildman–Crippen MR) is 75.5 cm³/mol. The molecule has 17 heavy (non-hydrogen) atoms. The molecule has 1 aromatic heterocycles. The van der Waals surface area contributed by atoms with Gasteiger partial charge in [0.25, 0.3) is 0 Å². The molecule has 0 aliphatic carbocycles. The first kappa shape index (κ1) is 12.9. The number of fused-ring (bicyclic) bond motifs is 1. The Morgan fingerprint density at radius 2 is 2.12 bits per heavy atom. The van der Waals surface area contributed by atoms with Crippen LogP contribution in [0.25, 0.3) is 11.0 Å². The zero-order chi connectivity index (χ0) is 12.4. The van der Waals surface area contributed by atoms with E-state index in [-0.39, 0.29) is 0 Å². The molecule has 2 nitrogen and oxygen atoms in total. The second-order valence-corrected chi connectivity index (χ2v) is 5.87. The SMILES string of the molecule is CC(C)CNCc1cc2cc(Br)cc(Cl)c2o1. The summed E-state index contributed by atoms with van der Waals surface area (Å²) >= 11 is 9.54. The summed E-state index contributed by atoms with van der Waals surface area (Å²) in [6, 6.07) is 5.88. The first-order valence-corrected chi connectivity index (χ1v) is 6.81. The lowest BCUT2D eigenvalue weighted by Gasteiger charge is -2.04. The maximum absolute atomic E-state index is 6.12. The van der Waals surface area contributed by atoms with Crippen molar-refractivity contribution < 1.29 is 4.42 Å². The van der Waals surface area contributed by atoms with Crippen LogP contribution in [0.1, 0.15) is 19.6 Å². The fraction of sp³-hybridized carbons (Fsp3) is 0.385. The largest absolute Gasteiger partial charge is 0.458 e. The van der Waals surface area contributed by atoms with Gasteiger partial charge < -0.3 is 9.73 Å². The molecule has 2 aromatic rings. The molecule has 1 heterocycles. The molecule has 2 rings (SSSR count). The maximum Gasteiger partial charge on any atom is 0.153 e. The highest BCUT2D eigenvalue weighted by molar-refractivity contribution is 9.10. The summed E-state index contributed by atoms with van der Waals surface area (Å²) in [6.07, 6.45) is 0. The highest BCUT2D eigenvalue weighted by atomic mass is 79.9. The van der Waals surface area contributed by atoms with Gasteiger partial charge in [-0.05, 0) is 30.7 Å². The van der Waals surface area contributed by atoms with Crippen molar-refractivity contribution in [1.29, 1.82) is 0 Å². The molecule has 0 radical (unpaired) electrons. The molecule has 1 aromatic carbocycles. The fourth-order valence-corrected chi connectivity index (χ4v) is 2.57. The van der Waals surface area contributed by atoms with Crippen molar-refractivity contribution in [2.24, 2.45) is 5.92 Å². The van der Waals surface area contributed by atoms with Gasteiger partial charge in [0.2, 0.25) is 0 Å². The number of furan rings is 1. The van der Waals surface area contributed by atoms with Crippen LogP contribution in [0.15, 0.2) is 27.1 Å². The second kappa shape index (κ2) is 5.42. The highest BCUT2D eigenvalue weighted by Crippen LogP contribution is 2.30. The van der Waals surface area contributed by atoms with Gasteiger partial charge in [0.15, 0.2) is 5.58 Å². The smallest absolute Gasteiger partial charge is 0.153 e. The number of nitrogens with one attached hydrogen (secondary N) is 1. The maximum atomic E-state index is 6.12. The zero-order valence-electron chi connectivity index (χ0n) is 9.89. The van der Waals surface area contributed by atoms with E-state index in [9.17, 15) is 0 Å². The molecule has 0 aliphatic rings. The van der Waals surface area contributed by atoms with Crippen LogP contribution in [-0.4, -0.2) is 6.54 Å². The van der Waals surface area contributed by atoms with E-state index in [2.05, 4.69) is 35.1 Å². The van der Waals surface area contributed by atoms with E-state index in [1.807, 2.05) is 18.2 Å². The summed E-state index contributed by atoms with van der Waals surface area (Å²) in [7, 11) is 0. The van der Waals surface area contributed by atoms with Crippen molar-refractivity contribution in [1.82, 2.24) is 5.32 Å². The van der Waals surface area contributed by atoms with E-state index in [0.717, 1.165) is 34.3 Å². The fourth-order valence-electron chi connectivity index (χ4n) is 1.70. The molecule has 0 saturated carbocycles. The molecule has 0 aliphatic heterocycles. The molecule has 1 N–H and O–H groups in total. The summed E-state index contributed by atoms with van der Waals surface area (Å²) in [4.78, 5) is 0. The Morgan fingerprint density at radius 1 is 1.35 bits per heavy atom. The Bertz CT molecular complexity index is 521. The lowest BCUT2D eigenvalue weighted by Crippen LogP contribution is -2.18. The standard InChI is InChI=1S/C13H15BrClNO/c1-8(2)6-16-7-11-4-9-3-10(14)5-12(15)13(9)17-11/h3-5,8,16H,6-7H2,1-2H3. The molecule has 0 bridgehead atoms. The van der Waals surface area contributed by atoms with E-state index in [1.54, 1.807) is 0 Å². The van der Waals surface area contributed by atoms with E-state index >= 15 is 0 Å². The Kier molecular flexibility index (Phi) is 4.13. The summed E-state index contributed by atoms with van der Waals surface area (Å²) in [5, 5.41) is 5.02. The van der Waals surface area contributed by atoms with Gasteiger partial charge >= 0.3 is 0 Å². The third kappa shape index (κ3) is 3.24. The van der Waals surface area contributed by atoms with Gasteiger partial charge in [-0.15, -0.1) is 0 Å². The second-order valence-electron chi connectivity index (χ2n) is 4.54. The van der Waals surface area contributed by atoms with Gasteiger partial charge in [-0.2, -0.15) is 0 Å². The minimum Gasteiger partial charge on any atom is -0.458 e. The van der Waals surface area contributed by atoms with Crippen molar-refractivity contribution in [2.75, 3.05) is 6.54 Å². The minimum absolute atomic E-state index is 0.636. The van der Waals surface area contributed by atoms with Gasteiger partial charge in [-0.1, -0.05) is 41.4 Å². The molecule has 92 valence electrons. The quantitative estimate of drug-likeness (QED) is 0.892. The number of hydrogen-bond donors (Lipinski definition) is 1. The molecular weight excluding hydrogens is 302 g/mol. The molecule has 0 saturated heterocycles. The van der Waals surface area contributed by atoms with Crippen molar-refractivity contribution in [3.05, 3.63) is 33.5 Å². The average molecular weight is 317 g/mol. The molecular formula is C13H15BrClNO. The van der Waals surface area contributed by atoms with Gasteiger partial charge in [0.05, 0.1) is 11.6 Å². The number of halogens is 2. The zero-order valence-corrected chi connectivity index (χ0v) is 12.2. The van der Waals surface area contributed by atoms with Crippen LogP contribution in [0.3, 0.4) is 0 Å². The van der Waals surface area contributed by atoms with Crippen molar-refractivity contribution in [3.63, 3.8) is 0 Å². The first-order chi connectivity index (χ1) is 8.06. The molecule has 0 amide bonds. The number of rotatable bonds is 4. The Balaban J connectivity index is 2.17. The van der Waals surface area contributed by atoms with Crippen LogP contribution >= 0.6 is 27.5 Å². The molecule has 0 fully saturated rings. The summed E-state index contributed by atoms with van der Waals surface area (Å²) in [5.74, 6) is 1.55. The van der Waals surface area contributed by atoms with Crippen molar-refractivity contribution >= 4 is 38.5 Å². The van der Waals surface area contributed by atoms with Crippen LogP contribution in [0.2, 0.25) is 5.02 Å².